The molecule has 1 atom stereocenters. The van der Waals surface area contributed by atoms with Gasteiger partial charge in [0.15, 0.2) is 0 Å². The molecule has 2 aromatic rings. The predicted molar refractivity (Wildman–Crippen MR) is 74.6 cm³/mol. The molecule has 4 rings (SSSR count). The number of benzene rings is 1. The van der Waals surface area contributed by atoms with Crippen LogP contribution in [0.1, 0.15) is 24.1 Å². The Balaban J connectivity index is 1.94. The maximum atomic E-state index is 3.61. The van der Waals surface area contributed by atoms with E-state index in [2.05, 4.69) is 48.7 Å². The number of hydrogen-bond acceptors (Lipinski definition) is 2. The van der Waals surface area contributed by atoms with Crippen LogP contribution in [0.4, 0.5) is 5.69 Å². The van der Waals surface area contributed by atoms with Crippen molar-refractivity contribution in [1.29, 1.82) is 0 Å². The molecule has 0 unspecified atom stereocenters. The minimum atomic E-state index is 0.576. The van der Waals surface area contributed by atoms with Crippen LogP contribution >= 0.6 is 11.3 Å². The van der Waals surface area contributed by atoms with Crippen LogP contribution in [-0.4, -0.2) is 0 Å². The van der Waals surface area contributed by atoms with E-state index in [1.54, 1.807) is 0 Å². The van der Waals surface area contributed by atoms with Crippen LogP contribution in [-0.2, 0) is 0 Å². The summed E-state index contributed by atoms with van der Waals surface area (Å²) in [7, 11) is 0. The molecular weight excluding hydrogens is 226 g/mol. The zero-order valence-electron chi connectivity index (χ0n) is 9.66. The second-order valence-corrected chi connectivity index (χ2v) is 5.94. The Morgan fingerprint density at radius 2 is 2.12 bits per heavy atom. The summed E-state index contributed by atoms with van der Waals surface area (Å²) in [5.41, 5.74) is 4.21. The lowest BCUT2D eigenvalue weighted by Gasteiger charge is -2.16. The van der Waals surface area contributed by atoms with Crippen molar-refractivity contribution in [1.82, 2.24) is 0 Å². The van der Waals surface area contributed by atoms with Crippen molar-refractivity contribution in [2.24, 2.45) is 0 Å². The third-order valence-electron chi connectivity index (χ3n) is 3.66. The minimum Gasteiger partial charge on any atom is -0.357 e. The van der Waals surface area contributed by atoms with Gasteiger partial charge in [-0.2, -0.15) is 0 Å². The van der Waals surface area contributed by atoms with Gasteiger partial charge in [0.2, 0.25) is 0 Å². The van der Waals surface area contributed by atoms with E-state index in [4.69, 9.17) is 0 Å². The Kier molecular flexibility index (Phi) is 1.80. The second kappa shape index (κ2) is 3.23. The molecule has 1 N–H and O–H groups in total. The highest BCUT2D eigenvalue weighted by molar-refractivity contribution is 7.20. The first-order chi connectivity index (χ1) is 8.33. The average molecular weight is 239 g/mol. The molecule has 1 aliphatic carbocycles. The molecule has 2 aliphatic rings. The summed E-state index contributed by atoms with van der Waals surface area (Å²) < 4.78 is 1.40. The summed E-state index contributed by atoms with van der Waals surface area (Å²) in [6, 6.07) is 8.68. The molecule has 0 radical (unpaired) electrons. The molecule has 0 saturated carbocycles. The van der Waals surface area contributed by atoms with E-state index in [0.29, 0.717) is 5.92 Å². The van der Waals surface area contributed by atoms with Crippen LogP contribution in [0.15, 0.2) is 47.7 Å². The van der Waals surface area contributed by atoms with Crippen LogP contribution < -0.4 is 5.32 Å². The van der Waals surface area contributed by atoms with Crippen LogP contribution in [0.5, 0.6) is 0 Å². The number of rotatable bonds is 0. The SMILES string of the molecule is CC1=CC=C2Nc3c(sc4ccccc34)[C@H]2C1. The summed E-state index contributed by atoms with van der Waals surface area (Å²) in [5, 5.41) is 4.98. The van der Waals surface area contributed by atoms with E-state index >= 15 is 0 Å². The Morgan fingerprint density at radius 3 is 3.06 bits per heavy atom. The number of fused-ring (bicyclic) bond motifs is 5. The van der Waals surface area contributed by atoms with E-state index in [1.165, 1.54) is 38.3 Å². The Hall–Kier alpha value is -1.54. The number of hydrogen-bond donors (Lipinski definition) is 1. The van der Waals surface area contributed by atoms with Crippen molar-refractivity contribution >= 4 is 27.1 Å². The largest absolute Gasteiger partial charge is 0.357 e. The van der Waals surface area contributed by atoms with Gasteiger partial charge in [-0.25, -0.2) is 0 Å². The lowest BCUT2D eigenvalue weighted by Crippen LogP contribution is -2.04. The van der Waals surface area contributed by atoms with Crippen LogP contribution in [0.25, 0.3) is 10.1 Å². The first-order valence-electron chi connectivity index (χ1n) is 5.99. The molecule has 2 heteroatoms. The summed E-state index contributed by atoms with van der Waals surface area (Å²) in [6.07, 6.45) is 5.64. The fourth-order valence-corrected chi connectivity index (χ4v) is 4.07. The highest BCUT2D eigenvalue weighted by atomic mass is 32.1. The molecule has 1 aromatic heterocycles. The third kappa shape index (κ3) is 1.25. The van der Waals surface area contributed by atoms with Gasteiger partial charge >= 0.3 is 0 Å². The molecule has 0 saturated heterocycles. The van der Waals surface area contributed by atoms with Gasteiger partial charge in [0.05, 0.1) is 5.69 Å². The molecule has 0 amide bonds. The Labute approximate surface area is 104 Å². The molecule has 1 aromatic carbocycles. The van der Waals surface area contributed by atoms with Gasteiger partial charge in [-0.1, -0.05) is 29.8 Å². The molecular formula is C15H13NS. The number of nitrogens with one attached hydrogen (secondary N) is 1. The van der Waals surface area contributed by atoms with Gasteiger partial charge < -0.3 is 5.32 Å². The molecule has 1 nitrogen and oxygen atoms in total. The van der Waals surface area contributed by atoms with Crippen molar-refractivity contribution < 1.29 is 0 Å². The minimum absolute atomic E-state index is 0.576. The van der Waals surface area contributed by atoms with E-state index in [9.17, 15) is 0 Å². The molecule has 0 fully saturated rings. The first kappa shape index (κ1) is 9.49. The van der Waals surface area contributed by atoms with Gasteiger partial charge in [-0.05, 0) is 25.5 Å². The van der Waals surface area contributed by atoms with Crippen LogP contribution in [0, 0.1) is 0 Å². The number of allylic oxidation sites excluding steroid dienone is 4. The molecule has 84 valence electrons. The van der Waals surface area contributed by atoms with Crippen LogP contribution in [0.3, 0.4) is 0 Å². The smallest absolute Gasteiger partial charge is 0.0610 e. The Bertz CT molecular complexity index is 675. The number of thiophene rings is 1. The van der Waals surface area contributed by atoms with E-state index in [1.807, 2.05) is 11.3 Å². The summed E-state index contributed by atoms with van der Waals surface area (Å²) >= 11 is 1.94. The lowest BCUT2D eigenvalue weighted by molar-refractivity contribution is 0.809. The Morgan fingerprint density at radius 1 is 1.24 bits per heavy atom. The monoisotopic (exact) mass is 239 g/mol. The highest BCUT2D eigenvalue weighted by Gasteiger charge is 2.31. The van der Waals surface area contributed by atoms with Crippen molar-refractivity contribution in [3.05, 3.63) is 52.6 Å². The second-order valence-electron chi connectivity index (χ2n) is 4.85. The maximum Gasteiger partial charge on any atom is 0.0610 e. The first-order valence-corrected chi connectivity index (χ1v) is 6.80. The van der Waals surface area contributed by atoms with Gasteiger partial charge in [-0.3, -0.25) is 0 Å². The zero-order chi connectivity index (χ0) is 11.4. The van der Waals surface area contributed by atoms with E-state index < -0.39 is 0 Å². The fourth-order valence-electron chi connectivity index (χ4n) is 2.79. The molecule has 0 bridgehead atoms. The standard InChI is InChI=1S/C15H13NS/c1-9-6-7-12-11(8-9)15-14(16-12)10-4-2-3-5-13(10)17-15/h2-7,11,16H,8H2,1H3/t11-/m0/s1. The van der Waals surface area contributed by atoms with Crippen LogP contribution in [0.2, 0.25) is 0 Å². The summed E-state index contributed by atoms with van der Waals surface area (Å²) in [5.74, 6) is 0.576. The maximum absolute atomic E-state index is 3.61. The molecule has 0 spiro atoms. The topological polar surface area (TPSA) is 12.0 Å². The van der Waals surface area contributed by atoms with Gasteiger partial charge in [-0.15, -0.1) is 11.3 Å². The highest BCUT2D eigenvalue weighted by Crippen LogP contribution is 2.51. The average Bonchev–Trinajstić information content (AvgIpc) is 2.85. The summed E-state index contributed by atoms with van der Waals surface area (Å²) in [6.45, 7) is 2.22. The van der Waals surface area contributed by atoms with Gasteiger partial charge in [0.1, 0.15) is 0 Å². The zero-order valence-corrected chi connectivity index (χ0v) is 10.5. The van der Waals surface area contributed by atoms with E-state index in [0.717, 1.165) is 0 Å². The van der Waals surface area contributed by atoms with Crippen molar-refractivity contribution in [2.45, 2.75) is 19.3 Å². The molecule has 2 heterocycles. The van der Waals surface area contributed by atoms with Crippen molar-refractivity contribution in [2.75, 3.05) is 5.32 Å². The fraction of sp³-hybridized carbons (Fsp3) is 0.200. The van der Waals surface area contributed by atoms with Gasteiger partial charge in [0, 0.05) is 26.6 Å². The summed E-state index contributed by atoms with van der Waals surface area (Å²) in [4.78, 5) is 1.52. The molecule has 17 heavy (non-hydrogen) atoms. The number of anilines is 1. The van der Waals surface area contributed by atoms with Crippen molar-refractivity contribution in [3.63, 3.8) is 0 Å². The third-order valence-corrected chi connectivity index (χ3v) is 4.94. The van der Waals surface area contributed by atoms with E-state index in [-0.39, 0.29) is 0 Å². The normalized spacial score (nSPS) is 21.6. The quantitative estimate of drug-likeness (QED) is 0.706. The van der Waals surface area contributed by atoms with Gasteiger partial charge in [0.25, 0.3) is 0 Å². The molecule has 1 aliphatic heterocycles. The van der Waals surface area contributed by atoms with Crippen molar-refractivity contribution in [3.8, 4) is 0 Å². The lowest BCUT2D eigenvalue weighted by atomic mass is 9.93. The predicted octanol–water partition coefficient (Wildman–Crippen LogP) is 4.64.